The van der Waals surface area contributed by atoms with Gasteiger partial charge in [0.2, 0.25) is 15.9 Å². The van der Waals surface area contributed by atoms with Crippen LogP contribution in [-0.2, 0) is 21.4 Å². The number of rotatable bonds is 8. The van der Waals surface area contributed by atoms with Gasteiger partial charge < -0.3 is 10.2 Å². The van der Waals surface area contributed by atoms with Gasteiger partial charge in [0.25, 0.3) is 0 Å². The number of nitrogens with one attached hydrogen (secondary N) is 1. The normalized spacial score (nSPS) is 15.4. The number of carbonyl (C=O) groups excluding carboxylic acids is 1. The van der Waals surface area contributed by atoms with E-state index in [-0.39, 0.29) is 16.7 Å². The lowest BCUT2D eigenvalue weighted by Gasteiger charge is -2.32. The summed E-state index contributed by atoms with van der Waals surface area (Å²) < 4.78 is 26.6. The van der Waals surface area contributed by atoms with E-state index in [2.05, 4.69) is 15.2 Å². The lowest BCUT2D eigenvalue weighted by atomic mass is 9.96. The van der Waals surface area contributed by atoms with Crippen molar-refractivity contribution in [3.05, 3.63) is 54.2 Å². The molecular weight excluding hydrogens is 400 g/mol. The van der Waals surface area contributed by atoms with Crippen molar-refractivity contribution in [3.63, 3.8) is 0 Å². The van der Waals surface area contributed by atoms with Gasteiger partial charge in [0, 0.05) is 44.8 Å². The molecule has 1 aliphatic rings. The lowest BCUT2D eigenvalue weighted by Crippen LogP contribution is -2.40. The van der Waals surface area contributed by atoms with Crippen LogP contribution in [0.2, 0.25) is 0 Å². The molecule has 0 aliphatic carbocycles. The third-order valence-corrected chi connectivity index (χ3v) is 7.60. The van der Waals surface area contributed by atoms with Crippen LogP contribution in [0.5, 0.6) is 0 Å². The molecule has 30 heavy (non-hydrogen) atoms. The van der Waals surface area contributed by atoms with Crippen molar-refractivity contribution < 1.29 is 13.2 Å². The van der Waals surface area contributed by atoms with E-state index < -0.39 is 10.0 Å². The molecule has 1 aromatic heterocycles. The van der Waals surface area contributed by atoms with E-state index in [1.165, 1.54) is 10.5 Å². The first-order valence-electron chi connectivity index (χ1n) is 10.5. The Kier molecular flexibility index (Phi) is 7.44. The highest BCUT2D eigenvalue weighted by Crippen LogP contribution is 2.24. The van der Waals surface area contributed by atoms with Crippen molar-refractivity contribution in [2.24, 2.45) is 5.92 Å². The summed E-state index contributed by atoms with van der Waals surface area (Å²) in [6.45, 7) is 6.49. The maximum Gasteiger partial charge on any atom is 0.244 e. The number of nitrogens with zero attached hydrogens (tertiary/aromatic N) is 3. The number of pyridine rings is 1. The summed E-state index contributed by atoms with van der Waals surface area (Å²) in [7, 11) is -3.50. The highest BCUT2D eigenvalue weighted by Gasteiger charge is 2.26. The molecule has 1 saturated heterocycles. The van der Waals surface area contributed by atoms with Gasteiger partial charge in [-0.3, -0.25) is 4.79 Å². The second kappa shape index (κ2) is 10.0. The molecule has 1 fully saturated rings. The third-order valence-electron chi connectivity index (χ3n) is 5.56. The number of piperidine rings is 1. The molecule has 0 saturated carbocycles. The topological polar surface area (TPSA) is 82.6 Å². The van der Waals surface area contributed by atoms with E-state index in [9.17, 15) is 13.2 Å². The van der Waals surface area contributed by atoms with Crippen LogP contribution in [-0.4, -0.2) is 49.8 Å². The molecule has 1 aliphatic heterocycles. The maximum absolute atomic E-state index is 12.6. The Morgan fingerprint density at radius 2 is 1.77 bits per heavy atom. The molecule has 1 aromatic carbocycles. The number of carbonyl (C=O) groups is 1. The first-order valence-corrected chi connectivity index (χ1v) is 11.9. The molecule has 1 N–H and O–H groups in total. The third kappa shape index (κ3) is 5.17. The quantitative estimate of drug-likeness (QED) is 0.696. The van der Waals surface area contributed by atoms with E-state index in [0.717, 1.165) is 37.3 Å². The Morgan fingerprint density at radius 1 is 1.10 bits per heavy atom. The smallest absolute Gasteiger partial charge is 0.244 e. The number of aromatic nitrogens is 1. The van der Waals surface area contributed by atoms with Gasteiger partial charge in [-0.2, -0.15) is 4.31 Å². The van der Waals surface area contributed by atoms with Crippen molar-refractivity contribution in [2.45, 2.75) is 38.1 Å². The van der Waals surface area contributed by atoms with Crippen LogP contribution in [0.3, 0.4) is 0 Å². The molecule has 7 nitrogen and oxygen atoms in total. The van der Waals surface area contributed by atoms with Gasteiger partial charge in [-0.25, -0.2) is 13.4 Å². The Bertz CT molecular complexity index is 921. The second-order valence-corrected chi connectivity index (χ2v) is 9.34. The first-order chi connectivity index (χ1) is 14.5. The van der Waals surface area contributed by atoms with Crippen LogP contribution in [0, 0.1) is 5.92 Å². The SMILES string of the molecule is CCN(CC)S(=O)(=O)c1ccc(N2CCC(C(=O)NCc3ccccc3)CC2)nc1. The van der Waals surface area contributed by atoms with Crippen LogP contribution >= 0.6 is 0 Å². The summed E-state index contributed by atoms with van der Waals surface area (Å²) >= 11 is 0. The second-order valence-electron chi connectivity index (χ2n) is 7.41. The van der Waals surface area contributed by atoms with E-state index >= 15 is 0 Å². The molecule has 2 aromatic rings. The summed E-state index contributed by atoms with van der Waals surface area (Å²) in [5, 5.41) is 3.02. The van der Waals surface area contributed by atoms with Gasteiger partial charge >= 0.3 is 0 Å². The number of hydrogen-bond donors (Lipinski definition) is 1. The Morgan fingerprint density at radius 3 is 2.33 bits per heavy atom. The van der Waals surface area contributed by atoms with Crippen molar-refractivity contribution in [1.82, 2.24) is 14.6 Å². The molecule has 2 heterocycles. The summed E-state index contributed by atoms with van der Waals surface area (Å²) in [6.07, 6.45) is 2.94. The van der Waals surface area contributed by atoms with Gasteiger partial charge in [-0.05, 0) is 30.5 Å². The molecule has 162 valence electrons. The standard InChI is InChI=1S/C22H30N4O3S/c1-3-26(4-2)30(28,29)20-10-11-21(23-17-20)25-14-12-19(13-15-25)22(27)24-16-18-8-6-5-7-9-18/h5-11,17,19H,3-4,12-16H2,1-2H3,(H,24,27). The molecule has 0 unspecified atom stereocenters. The van der Waals surface area contributed by atoms with Crippen molar-refractivity contribution >= 4 is 21.7 Å². The maximum atomic E-state index is 12.6. The summed E-state index contributed by atoms with van der Waals surface area (Å²) in [6, 6.07) is 13.3. The average Bonchev–Trinajstić information content (AvgIpc) is 2.79. The molecular formula is C22H30N4O3S. The molecule has 0 bridgehead atoms. The lowest BCUT2D eigenvalue weighted by molar-refractivity contribution is -0.125. The minimum atomic E-state index is -3.50. The number of hydrogen-bond acceptors (Lipinski definition) is 5. The fourth-order valence-electron chi connectivity index (χ4n) is 3.72. The van der Waals surface area contributed by atoms with E-state index in [1.54, 1.807) is 12.1 Å². The number of sulfonamides is 1. The monoisotopic (exact) mass is 430 g/mol. The van der Waals surface area contributed by atoms with Gasteiger partial charge in [-0.1, -0.05) is 44.2 Å². The van der Waals surface area contributed by atoms with Crippen LogP contribution in [0.25, 0.3) is 0 Å². The zero-order chi connectivity index (χ0) is 21.6. The van der Waals surface area contributed by atoms with Gasteiger partial charge in [0.05, 0.1) is 0 Å². The minimum absolute atomic E-state index is 0.00715. The van der Waals surface area contributed by atoms with E-state index in [0.29, 0.717) is 19.6 Å². The van der Waals surface area contributed by atoms with Crippen molar-refractivity contribution in [3.8, 4) is 0 Å². The Labute approximate surface area is 179 Å². The molecule has 0 radical (unpaired) electrons. The van der Waals surface area contributed by atoms with Crippen LogP contribution in [0.1, 0.15) is 32.3 Å². The highest BCUT2D eigenvalue weighted by atomic mass is 32.2. The van der Waals surface area contributed by atoms with Crippen LogP contribution < -0.4 is 10.2 Å². The summed E-state index contributed by atoms with van der Waals surface area (Å²) in [5.41, 5.74) is 1.09. The Balaban J connectivity index is 1.54. The first kappa shape index (κ1) is 22.2. The molecule has 0 atom stereocenters. The fraction of sp³-hybridized carbons (Fsp3) is 0.455. The number of amides is 1. The molecule has 8 heteroatoms. The largest absolute Gasteiger partial charge is 0.357 e. The Hall–Kier alpha value is -2.45. The fourth-order valence-corrected chi connectivity index (χ4v) is 5.13. The zero-order valence-corrected chi connectivity index (χ0v) is 18.4. The molecule has 3 rings (SSSR count). The van der Waals surface area contributed by atoms with E-state index in [4.69, 9.17) is 0 Å². The average molecular weight is 431 g/mol. The highest BCUT2D eigenvalue weighted by molar-refractivity contribution is 7.89. The predicted molar refractivity (Wildman–Crippen MR) is 118 cm³/mol. The number of benzene rings is 1. The van der Waals surface area contributed by atoms with Crippen LogP contribution in [0.4, 0.5) is 5.82 Å². The van der Waals surface area contributed by atoms with Gasteiger partial charge in [0.1, 0.15) is 10.7 Å². The van der Waals surface area contributed by atoms with Gasteiger partial charge in [0.15, 0.2) is 0 Å². The minimum Gasteiger partial charge on any atom is -0.357 e. The van der Waals surface area contributed by atoms with E-state index in [1.807, 2.05) is 44.2 Å². The summed E-state index contributed by atoms with van der Waals surface area (Å²) in [4.78, 5) is 19.2. The molecule has 0 spiro atoms. The van der Waals surface area contributed by atoms with Crippen LogP contribution in [0.15, 0.2) is 53.6 Å². The predicted octanol–water partition coefficient (Wildman–Crippen LogP) is 2.64. The van der Waals surface area contributed by atoms with Gasteiger partial charge in [-0.15, -0.1) is 0 Å². The van der Waals surface area contributed by atoms with Crippen molar-refractivity contribution in [2.75, 3.05) is 31.1 Å². The van der Waals surface area contributed by atoms with Crippen molar-refractivity contribution in [1.29, 1.82) is 0 Å². The molecule has 1 amide bonds. The zero-order valence-electron chi connectivity index (χ0n) is 17.6. The number of anilines is 1. The summed E-state index contributed by atoms with van der Waals surface area (Å²) in [5.74, 6) is 0.830.